The molecule has 1 aromatic heterocycles. The fourth-order valence-corrected chi connectivity index (χ4v) is 2.20. The van der Waals surface area contributed by atoms with E-state index in [1.807, 2.05) is 24.3 Å². The van der Waals surface area contributed by atoms with Gasteiger partial charge < -0.3 is 15.4 Å². The molecule has 0 aliphatic heterocycles. The summed E-state index contributed by atoms with van der Waals surface area (Å²) in [4.78, 5) is 20.1. The normalized spacial score (nSPS) is 10.4. The summed E-state index contributed by atoms with van der Waals surface area (Å²) < 4.78 is 4.94. The molecule has 0 aliphatic rings. The number of carbonyl (C=O) groups excluding carboxylic acids is 1. The van der Waals surface area contributed by atoms with E-state index in [0.29, 0.717) is 31.2 Å². The van der Waals surface area contributed by atoms with Gasteiger partial charge in [-0.25, -0.2) is 9.97 Å². The second kappa shape index (κ2) is 9.85. The van der Waals surface area contributed by atoms with Crippen molar-refractivity contribution in [2.45, 2.75) is 12.8 Å². The minimum absolute atomic E-state index is 0.214. The Morgan fingerprint density at radius 3 is 2.75 bits per heavy atom. The van der Waals surface area contributed by atoms with Crippen LogP contribution >= 0.6 is 11.6 Å². The van der Waals surface area contributed by atoms with E-state index < -0.39 is 0 Å². The third kappa shape index (κ3) is 6.14. The lowest BCUT2D eigenvalue weighted by Crippen LogP contribution is -2.26. The van der Waals surface area contributed by atoms with E-state index in [9.17, 15) is 4.79 Å². The van der Waals surface area contributed by atoms with Crippen molar-refractivity contribution in [3.8, 4) is 0 Å². The lowest BCUT2D eigenvalue weighted by molar-refractivity contribution is 0.0943. The number of methoxy groups -OCH3 is 1. The van der Waals surface area contributed by atoms with Crippen molar-refractivity contribution < 1.29 is 9.53 Å². The van der Waals surface area contributed by atoms with Crippen LogP contribution in [0.5, 0.6) is 0 Å². The topological polar surface area (TPSA) is 76.1 Å². The maximum Gasteiger partial charge on any atom is 0.270 e. The van der Waals surface area contributed by atoms with Gasteiger partial charge >= 0.3 is 0 Å². The number of benzene rings is 1. The summed E-state index contributed by atoms with van der Waals surface area (Å²) >= 11 is 5.86. The molecule has 2 rings (SSSR count). The van der Waals surface area contributed by atoms with E-state index in [4.69, 9.17) is 16.3 Å². The van der Waals surface area contributed by atoms with E-state index in [2.05, 4.69) is 20.6 Å². The summed E-state index contributed by atoms with van der Waals surface area (Å²) in [7, 11) is 1.63. The number of hydrogen-bond acceptors (Lipinski definition) is 5. The molecule has 0 bridgehead atoms. The molecule has 0 atom stereocenters. The highest BCUT2D eigenvalue weighted by atomic mass is 35.5. The van der Waals surface area contributed by atoms with Crippen LogP contribution in [0.1, 0.15) is 22.5 Å². The van der Waals surface area contributed by atoms with Crippen LogP contribution in [0.4, 0.5) is 5.82 Å². The zero-order valence-corrected chi connectivity index (χ0v) is 14.3. The second-order valence-electron chi connectivity index (χ2n) is 5.19. The van der Waals surface area contributed by atoms with Crippen LogP contribution in [0.15, 0.2) is 36.7 Å². The first-order valence-corrected chi connectivity index (χ1v) is 8.14. The van der Waals surface area contributed by atoms with Crippen molar-refractivity contribution >= 4 is 23.3 Å². The highest BCUT2D eigenvalue weighted by Crippen LogP contribution is 2.10. The standard InChI is InChI=1S/C17H21ClN4O2/c1-24-10-2-8-20-17(23)15-11-16(22-12-21-15)19-9-7-13-3-5-14(18)6-4-13/h3-6,11-12H,2,7-10H2,1H3,(H,20,23)(H,19,21,22). The third-order valence-electron chi connectivity index (χ3n) is 3.34. The Kier molecular flexibility index (Phi) is 7.45. The molecule has 0 unspecified atom stereocenters. The fourth-order valence-electron chi connectivity index (χ4n) is 2.07. The van der Waals surface area contributed by atoms with Gasteiger partial charge in [0.2, 0.25) is 0 Å². The van der Waals surface area contributed by atoms with Crippen LogP contribution in [0, 0.1) is 0 Å². The molecule has 2 N–H and O–H groups in total. The summed E-state index contributed by atoms with van der Waals surface area (Å²) in [6.45, 7) is 1.87. The van der Waals surface area contributed by atoms with E-state index in [1.54, 1.807) is 13.2 Å². The number of amides is 1. The Morgan fingerprint density at radius 1 is 1.21 bits per heavy atom. The van der Waals surface area contributed by atoms with Crippen molar-refractivity contribution in [1.82, 2.24) is 15.3 Å². The van der Waals surface area contributed by atoms with Crippen molar-refractivity contribution in [3.63, 3.8) is 0 Å². The van der Waals surface area contributed by atoms with Gasteiger partial charge in [-0.15, -0.1) is 0 Å². The number of hydrogen-bond donors (Lipinski definition) is 2. The minimum Gasteiger partial charge on any atom is -0.385 e. The van der Waals surface area contributed by atoms with Gasteiger partial charge in [0.05, 0.1) is 0 Å². The smallest absolute Gasteiger partial charge is 0.270 e. The molecule has 0 spiro atoms. The van der Waals surface area contributed by atoms with Gasteiger partial charge in [-0.1, -0.05) is 23.7 Å². The van der Waals surface area contributed by atoms with Gasteiger partial charge in [0.15, 0.2) is 0 Å². The van der Waals surface area contributed by atoms with Gasteiger partial charge in [-0.3, -0.25) is 4.79 Å². The number of halogens is 1. The van der Waals surface area contributed by atoms with Crippen molar-refractivity contribution in [2.75, 3.05) is 32.1 Å². The number of nitrogens with zero attached hydrogens (tertiary/aromatic N) is 2. The largest absolute Gasteiger partial charge is 0.385 e. The summed E-state index contributed by atoms with van der Waals surface area (Å²) in [5, 5.41) is 6.72. The summed E-state index contributed by atoms with van der Waals surface area (Å²) in [5.74, 6) is 0.412. The number of ether oxygens (including phenoxy) is 1. The molecule has 0 aliphatic carbocycles. The van der Waals surface area contributed by atoms with Gasteiger partial charge in [-0.05, 0) is 30.5 Å². The Hall–Kier alpha value is -2.18. The summed E-state index contributed by atoms with van der Waals surface area (Å²) in [5.41, 5.74) is 1.52. The number of nitrogens with one attached hydrogen (secondary N) is 2. The van der Waals surface area contributed by atoms with E-state index in [0.717, 1.165) is 17.9 Å². The van der Waals surface area contributed by atoms with Crippen LogP contribution in [-0.2, 0) is 11.2 Å². The van der Waals surface area contributed by atoms with Crippen LogP contribution in [0.25, 0.3) is 0 Å². The lowest BCUT2D eigenvalue weighted by atomic mass is 10.1. The number of anilines is 1. The highest BCUT2D eigenvalue weighted by Gasteiger charge is 2.08. The van der Waals surface area contributed by atoms with Crippen molar-refractivity contribution in [2.24, 2.45) is 0 Å². The Balaban J connectivity index is 1.81. The van der Waals surface area contributed by atoms with Crippen molar-refractivity contribution in [3.05, 3.63) is 52.9 Å². The number of carbonyl (C=O) groups is 1. The zero-order valence-electron chi connectivity index (χ0n) is 13.6. The van der Waals surface area contributed by atoms with Gasteiger partial charge in [0.25, 0.3) is 5.91 Å². The highest BCUT2D eigenvalue weighted by molar-refractivity contribution is 6.30. The maximum atomic E-state index is 12.0. The Labute approximate surface area is 146 Å². The minimum atomic E-state index is -0.214. The van der Waals surface area contributed by atoms with Gasteiger partial charge in [0, 0.05) is 37.9 Å². The molecule has 24 heavy (non-hydrogen) atoms. The first-order valence-electron chi connectivity index (χ1n) is 7.76. The first kappa shape index (κ1) is 18.2. The van der Waals surface area contributed by atoms with E-state index in [-0.39, 0.29) is 5.91 Å². The van der Waals surface area contributed by atoms with Crippen LogP contribution in [-0.4, -0.2) is 42.7 Å². The molecular weight excluding hydrogens is 328 g/mol. The molecule has 2 aromatic rings. The molecule has 7 heteroatoms. The predicted octanol–water partition coefficient (Wildman–Crippen LogP) is 2.55. The molecule has 128 valence electrons. The number of rotatable bonds is 9. The first-order chi connectivity index (χ1) is 11.7. The Morgan fingerprint density at radius 2 is 2.00 bits per heavy atom. The molecule has 1 heterocycles. The van der Waals surface area contributed by atoms with Crippen LogP contribution in [0.3, 0.4) is 0 Å². The van der Waals surface area contributed by atoms with Crippen molar-refractivity contribution in [1.29, 1.82) is 0 Å². The molecule has 0 saturated carbocycles. The zero-order chi connectivity index (χ0) is 17.2. The molecule has 1 aromatic carbocycles. The lowest BCUT2D eigenvalue weighted by Gasteiger charge is -2.08. The van der Waals surface area contributed by atoms with Crippen LogP contribution in [0.2, 0.25) is 5.02 Å². The average Bonchev–Trinajstić information content (AvgIpc) is 2.60. The SMILES string of the molecule is COCCCNC(=O)c1cc(NCCc2ccc(Cl)cc2)ncn1. The molecular formula is C17H21ClN4O2. The van der Waals surface area contributed by atoms with Crippen LogP contribution < -0.4 is 10.6 Å². The van der Waals surface area contributed by atoms with E-state index >= 15 is 0 Å². The van der Waals surface area contributed by atoms with Gasteiger partial charge in [0.1, 0.15) is 17.8 Å². The quantitative estimate of drug-likeness (QED) is 0.681. The molecule has 1 amide bonds. The third-order valence-corrected chi connectivity index (χ3v) is 3.60. The molecule has 6 nitrogen and oxygen atoms in total. The predicted molar refractivity (Wildman–Crippen MR) is 94.5 cm³/mol. The molecule has 0 fully saturated rings. The van der Waals surface area contributed by atoms with E-state index in [1.165, 1.54) is 11.9 Å². The molecule has 0 radical (unpaired) electrons. The van der Waals surface area contributed by atoms with Gasteiger partial charge in [-0.2, -0.15) is 0 Å². The fraction of sp³-hybridized carbons (Fsp3) is 0.353. The monoisotopic (exact) mass is 348 g/mol. The summed E-state index contributed by atoms with van der Waals surface area (Å²) in [6, 6.07) is 9.36. The number of aromatic nitrogens is 2. The second-order valence-corrected chi connectivity index (χ2v) is 5.63. The molecule has 0 saturated heterocycles. The average molecular weight is 349 g/mol. The Bertz CT molecular complexity index is 649. The maximum absolute atomic E-state index is 12.0. The summed E-state index contributed by atoms with van der Waals surface area (Å²) in [6.07, 6.45) is 2.98.